The molecule has 0 radical (unpaired) electrons. The average Bonchev–Trinajstić information content (AvgIpc) is 3.32. The van der Waals surface area contributed by atoms with Crippen LogP contribution in [0.15, 0.2) is 23.1 Å². The number of aromatic nitrogens is 1. The number of halogens is 1. The molecule has 0 spiro atoms. The zero-order chi connectivity index (χ0) is 23.4. The molecule has 1 aromatic heterocycles. The minimum Gasteiger partial charge on any atom is -0.481 e. The van der Waals surface area contributed by atoms with Gasteiger partial charge in [-0.1, -0.05) is 32.1 Å². The van der Waals surface area contributed by atoms with Gasteiger partial charge >= 0.3 is 5.97 Å². The SMILES string of the molecule is O=C(O)CCCC(=O)Nc1cn(C2CCCC2)c2cc(NC3CCCCC3)c(F)cc2c1=O. The Morgan fingerprint density at radius 1 is 1.00 bits per heavy atom. The summed E-state index contributed by atoms with van der Waals surface area (Å²) < 4.78 is 17.1. The molecule has 1 heterocycles. The standard InChI is InChI=1S/C25H32FN3O4/c26-19-13-18-22(14-20(19)27-16-7-2-1-3-8-16)29(17-9-4-5-10-17)15-21(25(18)33)28-23(30)11-6-12-24(31)32/h13-17,27H,1-12H2,(H,28,30)(H,31,32). The van der Waals surface area contributed by atoms with Gasteiger partial charge < -0.3 is 20.3 Å². The summed E-state index contributed by atoms with van der Waals surface area (Å²) in [6, 6.07) is 3.46. The van der Waals surface area contributed by atoms with Crippen LogP contribution < -0.4 is 16.1 Å². The summed E-state index contributed by atoms with van der Waals surface area (Å²) in [6.07, 6.45) is 11.4. The van der Waals surface area contributed by atoms with Crippen molar-refractivity contribution >= 4 is 34.2 Å². The van der Waals surface area contributed by atoms with E-state index < -0.39 is 23.1 Å². The molecule has 0 bridgehead atoms. The van der Waals surface area contributed by atoms with E-state index in [1.807, 2.05) is 4.57 Å². The Hall–Kier alpha value is -2.90. The number of aliphatic carboxylic acids is 1. The van der Waals surface area contributed by atoms with Crippen LogP contribution in [0.3, 0.4) is 0 Å². The van der Waals surface area contributed by atoms with Gasteiger partial charge in [-0.2, -0.15) is 0 Å². The van der Waals surface area contributed by atoms with Gasteiger partial charge in [0, 0.05) is 31.1 Å². The fourth-order valence-corrected chi connectivity index (χ4v) is 5.13. The molecule has 1 amide bonds. The number of amides is 1. The summed E-state index contributed by atoms with van der Waals surface area (Å²) in [5.41, 5.74) is 0.789. The molecule has 1 aromatic carbocycles. The van der Waals surface area contributed by atoms with Crippen LogP contribution >= 0.6 is 0 Å². The van der Waals surface area contributed by atoms with Crippen LogP contribution in [-0.2, 0) is 9.59 Å². The maximum absolute atomic E-state index is 15.0. The van der Waals surface area contributed by atoms with Crippen LogP contribution in [0.5, 0.6) is 0 Å². The second kappa shape index (κ2) is 10.4. The Kier molecular flexibility index (Phi) is 7.30. The lowest BCUT2D eigenvalue weighted by molar-refractivity contribution is -0.137. The first kappa shape index (κ1) is 23.3. The summed E-state index contributed by atoms with van der Waals surface area (Å²) >= 11 is 0. The summed E-state index contributed by atoms with van der Waals surface area (Å²) in [4.78, 5) is 36.2. The molecule has 8 heteroatoms. The van der Waals surface area contributed by atoms with Gasteiger partial charge in [-0.15, -0.1) is 0 Å². The zero-order valence-electron chi connectivity index (χ0n) is 18.9. The summed E-state index contributed by atoms with van der Waals surface area (Å²) in [5.74, 6) is -1.85. The van der Waals surface area contributed by atoms with E-state index in [0.29, 0.717) is 11.2 Å². The third-order valence-electron chi connectivity index (χ3n) is 6.87. The molecule has 0 aliphatic heterocycles. The molecule has 2 saturated carbocycles. The second-order valence-electron chi connectivity index (χ2n) is 9.34. The normalized spacial score (nSPS) is 17.4. The van der Waals surface area contributed by atoms with Gasteiger partial charge in [0.25, 0.3) is 0 Å². The summed E-state index contributed by atoms with van der Waals surface area (Å²) in [7, 11) is 0. The minimum atomic E-state index is -0.967. The number of carbonyl (C=O) groups excluding carboxylic acids is 1. The molecule has 2 aliphatic carbocycles. The van der Waals surface area contributed by atoms with E-state index in [9.17, 15) is 14.4 Å². The van der Waals surface area contributed by atoms with Crippen LogP contribution in [0.4, 0.5) is 15.8 Å². The molecule has 2 aromatic rings. The Morgan fingerprint density at radius 3 is 2.39 bits per heavy atom. The summed E-state index contributed by atoms with van der Waals surface area (Å²) in [5, 5.41) is 15.0. The number of hydrogen-bond donors (Lipinski definition) is 3. The van der Waals surface area contributed by atoms with E-state index in [4.69, 9.17) is 5.11 Å². The van der Waals surface area contributed by atoms with E-state index in [-0.39, 0.29) is 42.4 Å². The third kappa shape index (κ3) is 5.54. The molecule has 178 valence electrons. The number of rotatable bonds is 8. The number of benzene rings is 1. The maximum Gasteiger partial charge on any atom is 0.303 e. The van der Waals surface area contributed by atoms with Crippen molar-refractivity contribution in [2.24, 2.45) is 0 Å². The number of pyridine rings is 1. The lowest BCUT2D eigenvalue weighted by Crippen LogP contribution is -2.24. The van der Waals surface area contributed by atoms with Crippen molar-refractivity contribution in [3.05, 3.63) is 34.4 Å². The van der Waals surface area contributed by atoms with E-state index >= 15 is 4.39 Å². The maximum atomic E-state index is 15.0. The number of anilines is 2. The van der Waals surface area contributed by atoms with Gasteiger partial charge in [-0.25, -0.2) is 4.39 Å². The first-order valence-corrected chi connectivity index (χ1v) is 12.1. The number of carboxylic acid groups (broad SMARTS) is 1. The highest BCUT2D eigenvalue weighted by molar-refractivity contribution is 5.94. The van der Waals surface area contributed by atoms with Gasteiger partial charge in [0.2, 0.25) is 11.3 Å². The number of carboxylic acids is 1. The number of nitrogens with zero attached hydrogens (tertiary/aromatic N) is 1. The highest BCUT2D eigenvalue weighted by Gasteiger charge is 2.23. The molecular weight excluding hydrogens is 425 g/mol. The van der Waals surface area contributed by atoms with Crippen molar-refractivity contribution in [3.8, 4) is 0 Å². The van der Waals surface area contributed by atoms with Gasteiger partial charge in [0.1, 0.15) is 11.5 Å². The highest BCUT2D eigenvalue weighted by atomic mass is 19.1. The van der Waals surface area contributed by atoms with E-state index in [0.717, 1.165) is 51.4 Å². The van der Waals surface area contributed by atoms with Crippen LogP contribution in [0, 0.1) is 5.82 Å². The van der Waals surface area contributed by atoms with E-state index in [1.54, 1.807) is 12.3 Å². The molecule has 2 aliphatic rings. The molecule has 0 unspecified atom stereocenters. The van der Waals surface area contributed by atoms with Gasteiger partial charge in [0.05, 0.1) is 16.6 Å². The molecule has 3 N–H and O–H groups in total. The molecule has 7 nitrogen and oxygen atoms in total. The lowest BCUT2D eigenvalue weighted by Gasteiger charge is -2.25. The molecule has 4 rings (SSSR count). The van der Waals surface area contributed by atoms with Crippen molar-refractivity contribution in [1.29, 1.82) is 0 Å². The number of fused-ring (bicyclic) bond motifs is 1. The minimum absolute atomic E-state index is 0.00577. The van der Waals surface area contributed by atoms with Gasteiger partial charge in [-0.05, 0) is 44.2 Å². The van der Waals surface area contributed by atoms with Crippen molar-refractivity contribution in [3.63, 3.8) is 0 Å². The third-order valence-corrected chi connectivity index (χ3v) is 6.87. The van der Waals surface area contributed by atoms with Crippen LogP contribution in [0.1, 0.15) is 83.1 Å². The van der Waals surface area contributed by atoms with Crippen LogP contribution in [-0.4, -0.2) is 27.6 Å². The Morgan fingerprint density at radius 2 is 1.70 bits per heavy atom. The first-order chi connectivity index (χ1) is 15.9. The Labute approximate surface area is 192 Å². The van der Waals surface area contributed by atoms with Crippen molar-refractivity contribution < 1.29 is 19.1 Å². The lowest BCUT2D eigenvalue weighted by atomic mass is 9.95. The van der Waals surface area contributed by atoms with Gasteiger partial charge in [0.15, 0.2) is 0 Å². The predicted octanol–water partition coefficient (Wildman–Crippen LogP) is 5.19. The molecule has 0 saturated heterocycles. The fraction of sp³-hybridized carbons (Fsp3) is 0.560. The quantitative estimate of drug-likeness (QED) is 0.506. The zero-order valence-corrected chi connectivity index (χ0v) is 18.9. The number of nitrogens with one attached hydrogen (secondary N) is 2. The largest absolute Gasteiger partial charge is 0.481 e. The van der Waals surface area contributed by atoms with E-state index in [2.05, 4.69) is 10.6 Å². The van der Waals surface area contributed by atoms with Crippen LogP contribution in [0.2, 0.25) is 0 Å². The second-order valence-corrected chi connectivity index (χ2v) is 9.34. The molecular formula is C25H32FN3O4. The highest BCUT2D eigenvalue weighted by Crippen LogP contribution is 2.34. The Bertz CT molecular complexity index is 1090. The monoisotopic (exact) mass is 457 g/mol. The summed E-state index contributed by atoms with van der Waals surface area (Å²) in [6.45, 7) is 0. The first-order valence-electron chi connectivity index (χ1n) is 12.1. The van der Waals surface area contributed by atoms with Crippen molar-refractivity contribution in [1.82, 2.24) is 4.57 Å². The van der Waals surface area contributed by atoms with Crippen molar-refractivity contribution in [2.75, 3.05) is 10.6 Å². The van der Waals surface area contributed by atoms with Gasteiger partial charge in [-0.3, -0.25) is 14.4 Å². The van der Waals surface area contributed by atoms with E-state index in [1.165, 1.54) is 12.5 Å². The fourth-order valence-electron chi connectivity index (χ4n) is 5.13. The number of hydrogen-bond acceptors (Lipinski definition) is 4. The van der Waals surface area contributed by atoms with Crippen LogP contribution in [0.25, 0.3) is 10.9 Å². The topological polar surface area (TPSA) is 100 Å². The smallest absolute Gasteiger partial charge is 0.303 e. The Balaban J connectivity index is 1.68. The van der Waals surface area contributed by atoms with Crippen molar-refractivity contribution in [2.45, 2.75) is 89.1 Å². The molecule has 0 atom stereocenters. The average molecular weight is 458 g/mol. The number of carbonyl (C=O) groups is 2. The molecule has 33 heavy (non-hydrogen) atoms. The predicted molar refractivity (Wildman–Crippen MR) is 126 cm³/mol. The molecule has 2 fully saturated rings.